The van der Waals surface area contributed by atoms with Gasteiger partial charge in [-0.1, -0.05) is 23.4 Å². The van der Waals surface area contributed by atoms with Crippen LogP contribution in [0.4, 0.5) is 14.6 Å². The van der Waals surface area contributed by atoms with Gasteiger partial charge in [0.15, 0.2) is 0 Å². The number of hydrogen-bond donors (Lipinski definition) is 1. The van der Waals surface area contributed by atoms with Crippen molar-refractivity contribution in [3.8, 4) is 29.0 Å². The highest BCUT2D eigenvalue weighted by molar-refractivity contribution is 7.18. The van der Waals surface area contributed by atoms with Crippen molar-refractivity contribution in [1.29, 1.82) is 5.26 Å². The number of carbonyl (C=O) groups is 1. The Kier molecular flexibility index (Phi) is 9.20. The Morgan fingerprint density at radius 2 is 1.96 bits per heavy atom. The van der Waals surface area contributed by atoms with Crippen molar-refractivity contribution in [3.05, 3.63) is 79.9 Å². The normalized spacial score (nSPS) is 17.8. The molecule has 0 radical (unpaired) electrons. The van der Waals surface area contributed by atoms with Gasteiger partial charge in [0.2, 0.25) is 0 Å². The topological polar surface area (TPSA) is 137 Å². The van der Waals surface area contributed by atoms with Gasteiger partial charge in [0.05, 0.1) is 45.5 Å². The SMILES string of the molecule is Cc1nc2cnc(N3CCN(C4CC(OC(F)F)C4)CC3)c(C#N)c2c(=O)n1CC#Cc1ccc(Cl)cc1-c1ccnc2c(C(=O)O)csc12. The summed E-state index contributed by atoms with van der Waals surface area (Å²) in [5.74, 6) is 5.97. The van der Waals surface area contributed by atoms with Crippen molar-refractivity contribution in [1.82, 2.24) is 24.4 Å². The molecule has 4 aromatic heterocycles. The fraction of sp³-hybridized carbons (Fsp3) is 0.314. The molecule has 0 amide bonds. The summed E-state index contributed by atoms with van der Waals surface area (Å²) in [4.78, 5) is 43.3. The van der Waals surface area contributed by atoms with Crippen LogP contribution in [-0.4, -0.2) is 80.4 Å². The summed E-state index contributed by atoms with van der Waals surface area (Å²) in [6.07, 6.45) is 3.76. The van der Waals surface area contributed by atoms with Gasteiger partial charge in [-0.15, -0.1) is 11.3 Å². The van der Waals surface area contributed by atoms with E-state index >= 15 is 0 Å². The number of aromatic nitrogens is 4. The molecule has 0 spiro atoms. The summed E-state index contributed by atoms with van der Waals surface area (Å²) in [6, 6.07) is 9.38. The van der Waals surface area contributed by atoms with Gasteiger partial charge in [-0.3, -0.25) is 19.2 Å². The van der Waals surface area contributed by atoms with Gasteiger partial charge >= 0.3 is 12.6 Å². The number of ether oxygens (including phenoxy) is 1. The number of nitrogens with zero attached hydrogens (tertiary/aromatic N) is 7. The summed E-state index contributed by atoms with van der Waals surface area (Å²) in [7, 11) is 0. The second-order valence-corrected chi connectivity index (χ2v) is 13.3. The zero-order valence-corrected chi connectivity index (χ0v) is 28.1. The third kappa shape index (κ3) is 6.27. The second kappa shape index (κ2) is 13.7. The third-order valence-corrected chi connectivity index (χ3v) is 10.4. The summed E-state index contributed by atoms with van der Waals surface area (Å²) in [6.45, 7) is 1.35. The molecule has 2 aliphatic rings. The molecule has 0 atom stereocenters. The fourth-order valence-electron chi connectivity index (χ4n) is 6.59. The number of fused-ring (bicyclic) bond motifs is 2. The average molecular weight is 716 g/mol. The number of benzene rings is 1. The van der Waals surface area contributed by atoms with Crippen LogP contribution in [-0.2, 0) is 11.3 Å². The number of aryl methyl sites for hydroxylation is 1. The van der Waals surface area contributed by atoms with Crippen LogP contribution in [0.2, 0.25) is 5.02 Å². The maximum absolute atomic E-state index is 14.0. The van der Waals surface area contributed by atoms with E-state index in [1.54, 1.807) is 42.8 Å². The van der Waals surface area contributed by atoms with Crippen molar-refractivity contribution >= 4 is 55.8 Å². The Morgan fingerprint density at radius 1 is 1.18 bits per heavy atom. The van der Waals surface area contributed by atoms with Crippen LogP contribution in [0, 0.1) is 30.1 Å². The van der Waals surface area contributed by atoms with E-state index in [1.165, 1.54) is 22.1 Å². The second-order valence-electron chi connectivity index (χ2n) is 12.0. The van der Waals surface area contributed by atoms with Gasteiger partial charge in [-0.2, -0.15) is 14.0 Å². The van der Waals surface area contributed by atoms with Crippen LogP contribution in [0.3, 0.4) is 0 Å². The number of nitriles is 1. The highest BCUT2D eigenvalue weighted by Gasteiger charge is 2.37. The van der Waals surface area contributed by atoms with E-state index in [2.05, 4.69) is 42.5 Å². The number of piperazine rings is 1. The number of aromatic carboxylic acids is 1. The molecule has 254 valence electrons. The molecule has 15 heteroatoms. The Hall–Kier alpha value is -4.99. The minimum Gasteiger partial charge on any atom is -0.478 e. The predicted octanol–water partition coefficient (Wildman–Crippen LogP) is 5.54. The number of anilines is 1. The van der Waals surface area contributed by atoms with Crippen molar-refractivity contribution in [2.24, 2.45) is 0 Å². The first-order valence-corrected chi connectivity index (χ1v) is 17.0. The van der Waals surface area contributed by atoms with E-state index in [-0.39, 0.29) is 29.1 Å². The number of carboxylic acid groups (broad SMARTS) is 1. The molecule has 1 aliphatic carbocycles. The number of thiophene rings is 1. The summed E-state index contributed by atoms with van der Waals surface area (Å²) < 4.78 is 31.8. The number of hydrogen-bond acceptors (Lipinski definition) is 10. The zero-order chi connectivity index (χ0) is 35.1. The van der Waals surface area contributed by atoms with Gasteiger partial charge in [0.1, 0.15) is 23.3 Å². The minimum atomic E-state index is -2.76. The molecular formula is C35H28ClF2N7O4S. The molecule has 7 rings (SSSR count). The molecule has 50 heavy (non-hydrogen) atoms. The summed E-state index contributed by atoms with van der Waals surface area (Å²) in [5.41, 5.74) is 2.58. The predicted molar refractivity (Wildman–Crippen MR) is 185 cm³/mol. The van der Waals surface area contributed by atoms with E-state index < -0.39 is 24.2 Å². The Labute approximate surface area is 293 Å². The molecule has 1 aromatic carbocycles. The lowest BCUT2D eigenvalue weighted by Crippen LogP contribution is -2.56. The molecule has 11 nitrogen and oxygen atoms in total. The number of carboxylic acids is 1. The van der Waals surface area contributed by atoms with Gasteiger partial charge in [0, 0.05) is 65.5 Å². The lowest BCUT2D eigenvalue weighted by atomic mass is 9.87. The van der Waals surface area contributed by atoms with E-state index in [4.69, 9.17) is 11.6 Å². The van der Waals surface area contributed by atoms with Gasteiger partial charge < -0.3 is 14.7 Å². The molecule has 5 heterocycles. The molecule has 0 unspecified atom stereocenters. The van der Waals surface area contributed by atoms with Crippen LogP contribution in [0.15, 0.2) is 46.8 Å². The van der Waals surface area contributed by atoms with E-state index in [1.807, 2.05) is 4.90 Å². The van der Waals surface area contributed by atoms with Gasteiger partial charge in [0.25, 0.3) is 5.56 Å². The maximum atomic E-state index is 14.0. The standard InChI is InChI=1S/C35H28ClF2N7O4S/c1-19-42-28-17-41-32(44-11-9-43(10-12-44)22-14-23(15-22)49-35(37)38)26(16-39)29(28)33(46)45(19)8-2-3-20-4-5-21(36)13-25(20)24-6-7-40-30-27(34(47)48)18-50-31(24)30/h4-7,13,17-18,22-23,35H,8-12,14-15H2,1H3,(H,47,48). The lowest BCUT2D eigenvalue weighted by Gasteiger charge is -2.46. The quantitative estimate of drug-likeness (QED) is 0.214. The molecular weight excluding hydrogens is 688 g/mol. The number of halogens is 3. The first kappa shape index (κ1) is 33.5. The first-order valence-electron chi connectivity index (χ1n) is 15.7. The summed E-state index contributed by atoms with van der Waals surface area (Å²) in [5, 5.41) is 22.0. The molecule has 2 fully saturated rings. The van der Waals surface area contributed by atoms with Crippen molar-refractivity contribution in [3.63, 3.8) is 0 Å². The van der Waals surface area contributed by atoms with E-state index in [9.17, 15) is 28.7 Å². The Balaban J connectivity index is 1.16. The molecule has 1 N–H and O–H groups in total. The van der Waals surface area contributed by atoms with Crippen LogP contribution < -0.4 is 10.5 Å². The minimum absolute atomic E-state index is 0.0115. The van der Waals surface area contributed by atoms with Gasteiger partial charge in [-0.05, 0) is 44.0 Å². The fourth-order valence-corrected chi connectivity index (χ4v) is 7.79. The molecule has 1 saturated heterocycles. The third-order valence-electron chi connectivity index (χ3n) is 9.19. The molecule has 5 aromatic rings. The zero-order valence-electron chi connectivity index (χ0n) is 26.6. The van der Waals surface area contributed by atoms with Crippen molar-refractivity contribution in [2.45, 2.75) is 45.1 Å². The van der Waals surface area contributed by atoms with E-state index in [0.29, 0.717) is 82.5 Å². The van der Waals surface area contributed by atoms with Crippen LogP contribution in [0.25, 0.3) is 32.2 Å². The lowest BCUT2D eigenvalue weighted by molar-refractivity contribution is -0.193. The average Bonchev–Trinajstić information content (AvgIpc) is 3.53. The molecule has 1 aliphatic heterocycles. The van der Waals surface area contributed by atoms with Crippen LogP contribution >= 0.6 is 22.9 Å². The van der Waals surface area contributed by atoms with Crippen LogP contribution in [0.1, 0.15) is 40.2 Å². The highest BCUT2D eigenvalue weighted by Crippen LogP contribution is 2.37. The molecule has 0 bridgehead atoms. The maximum Gasteiger partial charge on any atom is 0.345 e. The highest BCUT2D eigenvalue weighted by atomic mass is 35.5. The Morgan fingerprint density at radius 3 is 2.68 bits per heavy atom. The number of alkyl halides is 2. The number of pyridine rings is 2. The largest absolute Gasteiger partial charge is 0.478 e. The first-order chi connectivity index (χ1) is 24.1. The van der Waals surface area contributed by atoms with E-state index in [0.717, 1.165) is 5.56 Å². The number of rotatable bonds is 7. The monoisotopic (exact) mass is 715 g/mol. The molecule has 1 saturated carbocycles. The van der Waals surface area contributed by atoms with Crippen molar-refractivity contribution < 1.29 is 23.4 Å². The van der Waals surface area contributed by atoms with Crippen molar-refractivity contribution in [2.75, 3.05) is 31.1 Å². The van der Waals surface area contributed by atoms with Crippen LogP contribution in [0.5, 0.6) is 0 Å². The smallest absolute Gasteiger partial charge is 0.345 e. The Bertz CT molecular complexity index is 2320. The van der Waals surface area contributed by atoms with Gasteiger partial charge in [-0.25, -0.2) is 14.8 Å². The summed E-state index contributed by atoms with van der Waals surface area (Å²) >= 11 is 7.65.